The van der Waals surface area contributed by atoms with Crippen molar-refractivity contribution in [2.24, 2.45) is 0 Å². The molecule has 210 valence electrons. The van der Waals surface area contributed by atoms with Crippen molar-refractivity contribution in [1.82, 2.24) is 24.8 Å². The maximum atomic E-state index is 12.1. The minimum Gasteiger partial charge on any atom is -0.496 e. The number of carboxylic acid groups (broad SMARTS) is 1. The first-order valence-electron chi connectivity index (χ1n) is 13.2. The number of rotatable bonds is 11. The van der Waals surface area contributed by atoms with E-state index < -0.39 is 12.1 Å². The summed E-state index contributed by atoms with van der Waals surface area (Å²) < 4.78 is 13.0. The van der Waals surface area contributed by atoms with Gasteiger partial charge >= 0.3 is 12.1 Å². The molecular weight excluding hydrogens is 524 g/mol. The van der Waals surface area contributed by atoms with E-state index in [0.717, 1.165) is 29.3 Å². The van der Waals surface area contributed by atoms with Crippen molar-refractivity contribution < 1.29 is 24.2 Å². The molecule has 0 aliphatic rings. The molecule has 0 unspecified atom stereocenters. The fraction of sp³-hybridized carbons (Fsp3) is 0.233. The first-order chi connectivity index (χ1) is 19.9. The van der Waals surface area contributed by atoms with E-state index in [9.17, 15) is 14.7 Å². The number of anilines is 1. The predicted molar refractivity (Wildman–Crippen MR) is 153 cm³/mol. The predicted octanol–water partition coefficient (Wildman–Crippen LogP) is 5.45. The molecule has 0 fully saturated rings. The Hall–Kier alpha value is -5.19. The van der Waals surface area contributed by atoms with Gasteiger partial charge in [-0.25, -0.2) is 9.59 Å². The van der Waals surface area contributed by atoms with Crippen molar-refractivity contribution in [1.29, 1.82) is 0 Å². The Morgan fingerprint density at radius 2 is 1.85 bits per heavy atom. The SMILES string of the molecule is CCCCOC(=O)Nc1ccc2ccn(Cc3ccc(-c4nnn(Cc5ccccc5C(=O)O)n4)cc3OC)c2c1. The summed E-state index contributed by atoms with van der Waals surface area (Å²) in [5.41, 5.74) is 4.05. The zero-order valence-electron chi connectivity index (χ0n) is 22.8. The number of carbonyl (C=O) groups is 2. The number of carbonyl (C=O) groups excluding carboxylic acids is 1. The van der Waals surface area contributed by atoms with Crippen molar-refractivity contribution in [2.75, 3.05) is 19.0 Å². The normalized spacial score (nSPS) is 11.0. The molecule has 0 bridgehead atoms. The molecule has 0 saturated heterocycles. The number of carboxylic acids is 1. The number of amides is 1. The Morgan fingerprint density at radius 1 is 1.00 bits per heavy atom. The van der Waals surface area contributed by atoms with E-state index in [4.69, 9.17) is 9.47 Å². The maximum Gasteiger partial charge on any atom is 0.411 e. The molecule has 5 aromatic rings. The molecule has 2 heterocycles. The second-order valence-corrected chi connectivity index (χ2v) is 9.46. The van der Waals surface area contributed by atoms with Gasteiger partial charge in [0.15, 0.2) is 0 Å². The number of nitrogens with one attached hydrogen (secondary N) is 1. The third-order valence-corrected chi connectivity index (χ3v) is 6.65. The first-order valence-corrected chi connectivity index (χ1v) is 13.2. The lowest BCUT2D eigenvalue weighted by Gasteiger charge is -2.12. The average molecular weight is 555 g/mol. The summed E-state index contributed by atoms with van der Waals surface area (Å²) in [6, 6.07) is 20.2. The molecule has 11 heteroatoms. The lowest BCUT2D eigenvalue weighted by atomic mass is 10.1. The molecule has 0 aliphatic carbocycles. The van der Waals surface area contributed by atoms with E-state index in [0.29, 0.717) is 41.5 Å². The monoisotopic (exact) mass is 554 g/mol. The van der Waals surface area contributed by atoms with E-state index in [-0.39, 0.29) is 12.1 Å². The number of nitrogens with zero attached hydrogens (tertiary/aromatic N) is 5. The zero-order valence-corrected chi connectivity index (χ0v) is 22.8. The maximum absolute atomic E-state index is 12.1. The Kier molecular flexibility index (Phi) is 8.23. The van der Waals surface area contributed by atoms with Gasteiger partial charge in [0, 0.05) is 23.0 Å². The summed E-state index contributed by atoms with van der Waals surface area (Å²) in [5.74, 6) is 0.0513. The van der Waals surface area contributed by atoms with E-state index in [1.54, 1.807) is 31.4 Å². The van der Waals surface area contributed by atoms with E-state index in [1.807, 2.05) is 55.6 Å². The number of ether oxygens (including phenoxy) is 2. The summed E-state index contributed by atoms with van der Waals surface area (Å²) >= 11 is 0. The highest BCUT2D eigenvalue weighted by molar-refractivity contribution is 5.90. The van der Waals surface area contributed by atoms with Crippen LogP contribution in [0.4, 0.5) is 10.5 Å². The molecule has 2 N–H and O–H groups in total. The average Bonchev–Trinajstić information content (AvgIpc) is 3.60. The van der Waals surface area contributed by atoms with Crippen LogP contribution in [-0.4, -0.2) is 55.7 Å². The molecule has 11 nitrogen and oxygen atoms in total. The number of fused-ring (bicyclic) bond motifs is 1. The summed E-state index contributed by atoms with van der Waals surface area (Å²) in [5, 5.41) is 26.0. The standard InChI is InChI=1S/C30H30N6O5/c1-3-4-15-41-30(39)31-24-12-11-20-13-14-35(26(20)17-24)18-23-10-9-21(16-27(23)40-2)28-32-34-36(33-28)19-22-7-5-6-8-25(22)29(37)38/h5-14,16-17H,3-4,15,18-19H2,1-2H3,(H,31,39)(H,37,38). The molecule has 0 saturated carbocycles. The lowest BCUT2D eigenvalue weighted by molar-refractivity contribution is 0.0695. The van der Waals surface area contributed by atoms with Gasteiger partial charge < -0.3 is 19.1 Å². The topological polar surface area (TPSA) is 133 Å². The number of hydrogen-bond acceptors (Lipinski definition) is 7. The summed E-state index contributed by atoms with van der Waals surface area (Å²) in [7, 11) is 1.61. The van der Waals surface area contributed by atoms with E-state index in [1.165, 1.54) is 4.80 Å². The number of unbranched alkanes of at least 4 members (excludes halogenated alkanes) is 1. The van der Waals surface area contributed by atoms with Gasteiger partial charge in [0.2, 0.25) is 5.82 Å². The molecule has 0 radical (unpaired) electrons. The molecule has 0 aliphatic heterocycles. The molecule has 5 rings (SSSR count). The second kappa shape index (κ2) is 12.3. The number of tetrazole rings is 1. The smallest absolute Gasteiger partial charge is 0.411 e. The van der Waals surface area contributed by atoms with Gasteiger partial charge in [-0.1, -0.05) is 49.7 Å². The van der Waals surface area contributed by atoms with Gasteiger partial charge in [-0.15, -0.1) is 10.2 Å². The van der Waals surface area contributed by atoms with Crippen LogP contribution in [0.3, 0.4) is 0 Å². The van der Waals surface area contributed by atoms with Crippen LogP contribution in [-0.2, 0) is 17.8 Å². The molecule has 2 aromatic heterocycles. The van der Waals surface area contributed by atoms with Crippen LogP contribution in [0.15, 0.2) is 72.9 Å². The highest BCUT2D eigenvalue weighted by atomic mass is 16.5. The van der Waals surface area contributed by atoms with Crippen LogP contribution in [0.5, 0.6) is 5.75 Å². The third kappa shape index (κ3) is 6.35. The minimum absolute atomic E-state index is 0.179. The number of aromatic carboxylic acids is 1. The number of benzene rings is 3. The Bertz CT molecular complexity index is 1690. The fourth-order valence-electron chi connectivity index (χ4n) is 4.51. The van der Waals surface area contributed by atoms with Crippen LogP contribution < -0.4 is 10.1 Å². The van der Waals surface area contributed by atoms with Gasteiger partial charge in [-0.3, -0.25) is 5.32 Å². The lowest BCUT2D eigenvalue weighted by Crippen LogP contribution is -2.14. The molecule has 0 spiro atoms. The van der Waals surface area contributed by atoms with Crippen molar-refractivity contribution in [3.05, 3.63) is 89.6 Å². The quantitative estimate of drug-likeness (QED) is 0.206. The molecular formula is C30H30N6O5. The Morgan fingerprint density at radius 3 is 2.66 bits per heavy atom. The van der Waals surface area contributed by atoms with Gasteiger partial charge in [0.1, 0.15) is 5.75 Å². The third-order valence-electron chi connectivity index (χ3n) is 6.65. The highest BCUT2D eigenvalue weighted by Gasteiger charge is 2.15. The molecule has 3 aromatic carbocycles. The summed E-state index contributed by atoms with van der Waals surface area (Å²) in [4.78, 5) is 25.0. The van der Waals surface area contributed by atoms with E-state index >= 15 is 0 Å². The van der Waals surface area contributed by atoms with Gasteiger partial charge in [-0.2, -0.15) is 4.80 Å². The van der Waals surface area contributed by atoms with Crippen molar-refractivity contribution in [3.8, 4) is 17.1 Å². The van der Waals surface area contributed by atoms with Crippen LogP contribution in [0.25, 0.3) is 22.3 Å². The van der Waals surface area contributed by atoms with Crippen molar-refractivity contribution >= 4 is 28.7 Å². The Balaban J connectivity index is 1.33. The molecule has 0 atom stereocenters. The van der Waals surface area contributed by atoms with Crippen LogP contribution >= 0.6 is 0 Å². The van der Waals surface area contributed by atoms with E-state index in [2.05, 4.69) is 25.3 Å². The van der Waals surface area contributed by atoms with Gasteiger partial charge in [0.25, 0.3) is 0 Å². The molecule has 1 amide bonds. The first kappa shape index (κ1) is 27.4. The summed E-state index contributed by atoms with van der Waals surface area (Å²) in [6.45, 7) is 3.14. The van der Waals surface area contributed by atoms with Crippen LogP contribution in [0, 0.1) is 0 Å². The number of aromatic nitrogens is 5. The minimum atomic E-state index is -1.01. The summed E-state index contributed by atoms with van der Waals surface area (Å²) in [6.07, 6.45) is 3.30. The second-order valence-electron chi connectivity index (χ2n) is 9.46. The van der Waals surface area contributed by atoms with Gasteiger partial charge in [-0.05, 0) is 52.9 Å². The van der Waals surface area contributed by atoms with Crippen molar-refractivity contribution in [2.45, 2.75) is 32.9 Å². The van der Waals surface area contributed by atoms with Crippen LogP contribution in [0.2, 0.25) is 0 Å². The van der Waals surface area contributed by atoms with Crippen molar-refractivity contribution in [3.63, 3.8) is 0 Å². The molecule has 41 heavy (non-hydrogen) atoms. The number of hydrogen-bond donors (Lipinski definition) is 2. The number of methoxy groups -OCH3 is 1. The van der Waals surface area contributed by atoms with Gasteiger partial charge in [0.05, 0.1) is 37.9 Å². The fourth-order valence-corrected chi connectivity index (χ4v) is 4.51. The Labute approximate surface area is 236 Å². The largest absolute Gasteiger partial charge is 0.496 e. The highest BCUT2D eigenvalue weighted by Crippen LogP contribution is 2.28. The van der Waals surface area contributed by atoms with Crippen LogP contribution in [0.1, 0.15) is 41.3 Å². The zero-order chi connectivity index (χ0) is 28.8.